The molecule has 0 saturated carbocycles. The molecule has 1 aromatic carbocycles. The first-order valence-corrected chi connectivity index (χ1v) is 8.55. The molecule has 1 fully saturated rings. The van der Waals surface area contributed by atoms with Gasteiger partial charge in [0.2, 0.25) is 0 Å². The second-order valence-electron chi connectivity index (χ2n) is 4.67. The van der Waals surface area contributed by atoms with E-state index in [1.165, 1.54) is 0 Å². The number of hydrogen-bond acceptors (Lipinski definition) is 4. The molecule has 0 spiro atoms. The number of anilines is 1. The van der Waals surface area contributed by atoms with Crippen molar-refractivity contribution in [1.29, 1.82) is 0 Å². The number of hydrogen-bond donors (Lipinski definition) is 1. The lowest BCUT2D eigenvalue weighted by Gasteiger charge is -2.26. The van der Waals surface area contributed by atoms with Crippen LogP contribution in [0, 0.1) is 6.92 Å². The Balaban J connectivity index is 0.00000102. The van der Waals surface area contributed by atoms with E-state index in [-0.39, 0.29) is 0 Å². The lowest BCUT2D eigenvalue weighted by Crippen LogP contribution is -2.37. The van der Waals surface area contributed by atoms with Crippen molar-refractivity contribution in [2.75, 3.05) is 45.2 Å². The van der Waals surface area contributed by atoms with Crippen molar-refractivity contribution >= 4 is 5.69 Å². The van der Waals surface area contributed by atoms with E-state index in [0.29, 0.717) is 0 Å². The van der Waals surface area contributed by atoms with Crippen LogP contribution in [0.1, 0.15) is 39.7 Å². The van der Waals surface area contributed by atoms with E-state index in [9.17, 15) is 0 Å². The molecule has 128 valence electrons. The van der Waals surface area contributed by atoms with Gasteiger partial charge in [0.25, 0.3) is 0 Å². The predicted molar refractivity (Wildman–Crippen MR) is 95.7 cm³/mol. The first-order valence-electron chi connectivity index (χ1n) is 8.55. The molecule has 0 aromatic heterocycles. The quantitative estimate of drug-likeness (QED) is 0.665. The van der Waals surface area contributed by atoms with Crippen molar-refractivity contribution in [3.05, 3.63) is 23.8 Å². The third kappa shape index (κ3) is 8.25. The van der Waals surface area contributed by atoms with Crippen LogP contribution < -0.4 is 10.5 Å². The largest absolute Gasteiger partial charge is 0.494 e. The SMILES string of the molecule is CC.CC.Cc1cc(OCCCN2CCOCC2)ccc1N. The van der Waals surface area contributed by atoms with Crippen molar-refractivity contribution < 1.29 is 9.47 Å². The van der Waals surface area contributed by atoms with Crippen LogP contribution in [0.5, 0.6) is 5.75 Å². The molecule has 1 aliphatic heterocycles. The van der Waals surface area contributed by atoms with Gasteiger partial charge in [0, 0.05) is 25.3 Å². The summed E-state index contributed by atoms with van der Waals surface area (Å²) in [5.41, 5.74) is 7.65. The van der Waals surface area contributed by atoms with Gasteiger partial charge in [-0.15, -0.1) is 0 Å². The maximum atomic E-state index is 5.77. The van der Waals surface area contributed by atoms with Crippen LogP contribution in [0.4, 0.5) is 5.69 Å². The smallest absolute Gasteiger partial charge is 0.119 e. The number of morpholine rings is 1. The normalized spacial score (nSPS) is 14.2. The monoisotopic (exact) mass is 310 g/mol. The topological polar surface area (TPSA) is 47.7 Å². The molecular formula is C18H34N2O2. The van der Waals surface area contributed by atoms with E-state index < -0.39 is 0 Å². The highest BCUT2D eigenvalue weighted by Crippen LogP contribution is 2.18. The fourth-order valence-corrected chi connectivity index (χ4v) is 2.04. The van der Waals surface area contributed by atoms with Gasteiger partial charge in [0.05, 0.1) is 19.8 Å². The Morgan fingerprint density at radius 2 is 1.77 bits per heavy atom. The second-order valence-corrected chi connectivity index (χ2v) is 4.67. The number of aryl methyl sites for hydroxylation is 1. The van der Waals surface area contributed by atoms with Gasteiger partial charge in [-0.25, -0.2) is 0 Å². The molecular weight excluding hydrogens is 276 g/mol. The number of nitrogens with zero attached hydrogens (tertiary/aromatic N) is 1. The highest BCUT2D eigenvalue weighted by Gasteiger charge is 2.09. The minimum Gasteiger partial charge on any atom is -0.494 e. The maximum Gasteiger partial charge on any atom is 0.119 e. The highest BCUT2D eigenvalue weighted by atomic mass is 16.5. The standard InChI is InChI=1S/C14H22N2O2.2C2H6/c1-12-11-13(3-4-14(12)15)18-8-2-5-16-6-9-17-10-7-16;2*1-2/h3-4,11H,2,5-10,15H2,1H3;2*1-2H3. The molecule has 0 aliphatic carbocycles. The first kappa shape index (κ1) is 20.7. The summed E-state index contributed by atoms with van der Waals surface area (Å²) >= 11 is 0. The Morgan fingerprint density at radius 3 is 2.36 bits per heavy atom. The molecule has 1 aliphatic rings. The minimum atomic E-state index is 0.751. The summed E-state index contributed by atoms with van der Waals surface area (Å²) in [5, 5.41) is 0. The molecule has 0 amide bonds. The van der Waals surface area contributed by atoms with Crippen LogP contribution in [-0.2, 0) is 4.74 Å². The molecule has 1 heterocycles. The van der Waals surface area contributed by atoms with E-state index in [2.05, 4.69) is 4.90 Å². The summed E-state index contributed by atoms with van der Waals surface area (Å²) < 4.78 is 11.0. The summed E-state index contributed by atoms with van der Waals surface area (Å²) in [5.74, 6) is 0.906. The zero-order chi connectivity index (χ0) is 16.8. The van der Waals surface area contributed by atoms with E-state index in [1.807, 2.05) is 52.8 Å². The van der Waals surface area contributed by atoms with Gasteiger partial charge in [0.15, 0.2) is 0 Å². The molecule has 0 bridgehead atoms. The van der Waals surface area contributed by atoms with Crippen LogP contribution in [-0.4, -0.2) is 44.4 Å². The van der Waals surface area contributed by atoms with Gasteiger partial charge in [0.1, 0.15) is 5.75 Å². The molecule has 0 atom stereocenters. The number of benzene rings is 1. The van der Waals surface area contributed by atoms with Crippen LogP contribution in [0.15, 0.2) is 18.2 Å². The van der Waals surface area contributed by atoms with E-state index >= 15 is 0 Å². The van der Waals surface area contributed by atoms with Gasteiger partial charge < -0.3 is 15.2 Å². The lowest BCUT2D eigenvalue weighted by molar-refractivity contribution is 0.0358. The molecule has 22 heavy (non-hydrogen) atoms. The van der Waals surface area contributed by atoms with Gasteiger partial charge in [-0.05, 0) is 37.1 Å². The molecule has 0 radical (unpaired) electrons. The third-order valence-corrected chi connectivity index (χ3v) is 3.23. The van der Waals surface area contributed by atoms with Crippen molar-refractivity contribution in [2.45, 2.75) is 41.0 Å². The summed E-state index contributed by atoms with van der Waals surface area (Å²) in [6, 6.07) is 5.81. The molecule has 1 saturated heterocycles. The Bertz CT molecular complexity index is 377. The van der Waals surface area contributed by atoms with E-state index in [0.717, 1.165) is 62.9 Å². The lowest BCUT2D eigenvalue weighted by atomic mass is 10.2. The predicted octanol–water partition coefficient (Wildman–Crippen LogP) is 3.73. The maximum absolute atomic E-state index is 5.77. The molecule has 4 nitrogen and oxygen atoms in total. The summed E-state index contributed by atoms with van der Waals surface area (Å²) in [6.45, 7) is 15.6. The summed E-state index contributed by atoms with van der Waals surface area (Å²) in [4.78, 5) is 2.42. The average Bonchev–Trinajstić information content (AvgIpc) is 2.59. The molecule has 1 aromatic rings. The van der Waals surface area contributed by atoms with Crippen LogP contribution in [0.3, 0.4) is 0 Å². The highest BCUT2D eigenvalue weighted by molar-refractivity contribution is 5.49. The van der Waals surface area contributed by atoms with Gasteiger partial charge in [-0.1, -0.05) is 27.7 Å². The van der Waals surface area contributed by atoms with Gasteiger partial charge in [-0.3, -0.25) is 4.90 Å². The van der Waals surface area contributed by atoms with Gasteiger partial charge >= 0.3 is 0 Å². The van der Waals surface area contributed by atoms with Crippen molar-refractivity contribution in [1.82, 2.24) is 4.90 Å². The van der Waals surface area contributed by atoms with Gasteiger partial charge in [-0.2, -0.15) is 0 Å². The fraction of sp³-hybridized carbons (Fsp3) is 0.667. The Morgan fingerprint density at radius 1 is 1.14 bits per heavy atom. The number of nitrogen functional groups attached to an aromatic ring is 1. The number of ether oxygens (including phenoxy) is 2. The van der Waals surface area contributed by atoms with E-state index in [4.69, 9.17) is 15.2 Å². The van der Waals surface area contributed by atoms with Crippen molar-refractivity contribution in [3.8, 4) is 5.75 Å². The van der Waals surface area contributed by atoms with Crippen molar-refractivity contribution in [3.63, 3.8) is 0 Å². The Hall–Kier alpha value is -1.26. The number of rotatable bonds is 5. The first-order chi connectivity index (χ1) is 10.8. The zero-order valence-electron chi connectivity index (χ0n) is 15.0. The molecule has 2 rings (SSSR count). The summed E-state index contributed by atoms with van der Waals surface area (Å²) in [7, 11) is 0. The zero-order valence-corrected chi connectivity index (χ0v) is 15.0. The van der Waals surface area contributed by atoms with Crippen LogP contribution >= 0.6 is 0 Å². The number of nitrogens with two attached hydrogens (primary N) is 1. The van der Waals surface area contributed by atoms with Crippen LogP contribution in [0.25, 0.3) is 0 Å². The Kier molecular flexibility index (Phi) is 12.6. The van der Waals surface area contributed by atoms with Crippen molar-refractivity contribution in [2.24, 2.45) is 0 Å². The Labute approximate surface area is 136 Å². The average molecular weight is 310 g/mol. The summed E-state index contributed by atoms with van der Waals surface area (Å²) in [6.07, 6.45) is 1.05. The molecule has 0 unspecified atom stereocenters. The fourth-order valence-electron chi connectivity index (χ4n) is 2.04. The second kappa shape index (κ2) is 13.4. The third-order valence-electron chi connectivity index (χ3n) is 3.23. The molecule has 4 heteroatoms. The minimum absolute atomic E-state index is 0.751. The van der Waals surface area contributed by atoms with E-state index in [1.54, 1.807) is 0 Å². The van der Waals surface area contributed by atoms with Crippen LogP contribution in [0.2, 0.25) is 0 Å². The molecule has 2 N–H and O–H groups in total.